The van der Waals surface area contributed by atoms with Crippen molar-refractivity contribution >= 4 is 0 Å². The Morgan fingerprint density at radius 3 is 2.17 bits per heavy atom. The molecule has 0 heterocycles. The van der Waals surface area contributed by atoms with Crippen LogP contribution in [0.1, 0.15) is 44.4 Å². The highest BCUT2D eigenvalue weighted by Gasteiger charge is 2.24. The lowest BCUT2D eigenvalue weighted by Crippen LogP contribution is -2.50. The van der Waals surface area contributed by atoms with E-state index in [1.54, 1.807) is 0 Å². The fraction of sp³-hybridized carbons (Fsp3) is 0.625. The minimum absolute atomic E-state index is 0.00296. The molecule has 18 heavy (non-hydrogen) atoms. The summed E-state index contributed by atoms with van der Waals surface area (Å²) in [5, 5.41) is 3.56. The molecule has 0 atom stereocenters. The zero-order chi connectivity index (χ0) is 14.0. The van der Waals surface area contributed by atoms with Gasteiger partial charge in [-0.25, -0.2) is 0 Å². The molecular formula is C16H28N2. The molecule has 0 fully saturated rings. The van der Waals surface area contributed by atoms with Gasteiger partial charge in [-0.3, -0.25) is 0 Å². The second kappa shape index (κ2) is 5.41. The normalized spacial score (nSPS) is 12.8. The second-order valence-corrected chi connectivity index (χ2v) is 6.62. The van der Waals surface area contributed by atoms with Gasteiger partial charge in [0.25, 0.3) is 0 Å². The minimum atomic E-state index is -0.00296. The van der Waals surface area contributed by atoms with E-state index in [0.717, 1.165) is 6.54 Å². The first-order chi connectivity index (χ1) is 8.18. The number of hydrogen-bond acceptors (Lipinski definition) is 2. The predicted molar refractivity (Wildman–Crippen MR) is 80.1 cm³/mol. The largest absolute Gasteiger partial charge is 0.329 e. The molecule has 102 valence electrons. The first kappa shape index (κ1) is 15.2. The van der Waals surface area contributed by atoms with E-state index in [2.05, 4.69) is 65.1 Å². The number of nitrogens with two attached hydrogens (primary N) is 1. The molecule has 1 rings (SSSR count). The number of aryl methyl sites for hydroxylation is 2. The molecule has 2 heteroatoms. The number of benzene rings is 1. The molecule has 0 unspecified atom stereocenters. The molecule has 0 saturated carbocycles. The van der Waals surface area contributed by atoms with E-state index >= 15 is 0 Å². The molecule has 0 saturated heterocycles. The Hall–Kier alpha value is -0.860. The van der Waals surface area contributed by atoms with Gasteiger partial charge >= 0.3 is 0 Å². The van der Waals surface area contributed by atoms with Gasteiger partial charge in [-0.05, 0) is 44.4 Å². The Bertz CT molecular complexity index is 406. The molecule has 1 aromatic carbocycles. The van der Waals surface area contributed by atoms with Crippen molar-refractivity contribution in [2.24, 2.45) is 5.73 Å². The smallest absolute Gasteiger partial charge is 0.0247 e. The van der Waals surface area contributed by atoms with Gasteiger partial charge in [0.2, 0.25) is 0 Å². The van der Waals surface area contributed by atoms with Crippen molar-refractivity contribution in [3.63, 3.8) is 0 Å². The summed E-state index contributed by atoms with van der Waals surface area (Å²) in [6.07, 6.45) is 0. The molecule has 0 amide bonds. The molecule has 3 N–H and O–H groups in total. The maximum Gasteiger partial charge on any atom is 0.0247 e. The van der Waals surface area contributed by atoms with Gasteiger partial charge in [0, 0.05) is 24.0 Å². The second-order valence-electron chi connectivity index (χ2n) is 6.62. The molecule has 1 aromatic rings. The van der Waals surface area contributed by atoms with Gasteiger partial charge in [0.1, 0.15) is 0 Å². The lowest BCUT2D eigenvalue weighted by molar-refractivity contribution is 0.347. The van der Waals surface area contributed by atoms with Crippen molar-refractivity contribution in [2.75, 3.05) is 13.1 Å². The third kappa shape index (κ3) is 3.82. The molecule has 0 aliphatic carbocycles. The van der Waals surface area contributed by atoms with E-state index in [9.17, 15) is 0 Å². The Morgan fingerprint density at radius 1 is 1.06 bits per heavy atom. The minimum Gasteiger partial charge on any atom is -0.329 e. The van der Waals surface area contributed by atoms with E-state index in [-0.39, 0.29) is 11.0 Å². The highest BCUT2D eigenvalue weighted by molar-refractivity contribution is 5.34. The van der Waals surface area contributed by atoms with Crippen molar-refractivity contribution in [3.8, 4) is 0 Å². The zero-order valence-electron chi connectivity index (χ0n) is 12.7. The quantitative estimate of drug-likeness (QED) is 0.841. The molecular weight excluding hydrogens is 220 g/mol. The highest BCUT2D eigenvalue weighted by Crippen LogP contribution is 2.25. The Balaban J connectivity index is 2.82. The maximum atomic E-state index is 5.76. The fourth-order valence-electron chi connectivity index (χ4n) is 1.80. The summed E-state index contributed by atoms with van der Waals surface area (Å²) in [6, 6.07) is 6.74. The van der Waals surface area contributed by atoms with Gasteiger partial charge in [-0.1, -0.05) is 32.0 Å². The monoisotopic (exact) mass is 248 g/mol. The van der Waals surface area contributed by atoms with Crippen LogP contribution in [0.25, 0.3) is 0 Å². The molecule has 0 radical (unpaired) electrons. The van der Waals surface area contributed by atoms with E-state index in [1.165, 1.54) is 16.7 Å². The predicted octanol–water partition coefficient (Wildman–Crippen LogP) is 2.91. The Labute approximate surface area is 112 Å². The van der Waals surface area contributed by atoms with Gasteiger partial charge in [-0.15, -0.1) is 0 Å². The summed E-state index contributed by atoms with van der Waals surface area (Å²) >= 11 is 0. The van der Waals surface area contributed by atoms with Crippen LogP contribution < -0.4 is 11.1 Å². The summed E-state index contributed by atoms with van der Waals surface area (Å²) in [7, 11) is 0. The van der Waals surface area contributed by atoms with Crippen LogP contribution in [0.15, 0.2) is 18.2 Å². The molecule has 0 aliphatic rings. The van der Waals surface area contributed by atoms with Crippen molar-refractivity contribution < 1.29 is 0 Å². The molecule has 0 aliphatic heterocycles. The van der Waals surface area contributed by atoms with Crippen LogP contribution in [0.3, 0.4) is 0 Å². The van der Waals surface area contributed by atoms with Crippen LogP contribution in [-0.4, -0.2) is 18.6 Å². The Kier molecular flexibility index (Phi) is 4.57. The standard InChI is InChI=1S/C16H28N2/c1-12-7-8-14(9-13(12)2)15(3,4)11-18-16(5,6)10-17/h7-9,18H,10-11,17H2,1-6H3. The summed E-state index contributed by atoms with van der Waals surface area (Å²) in [5.41, 5.74) is 9.96. The molecule has 2 nitrogen and oxygen atoms in total. The first-order valence-corrected chi connectivity index (χ1v) is 6.71. The van der Waals surface area contributed by atoms with Gasteiger partial charge in [-0.2, -0.15) is 0 Å². The van der Waals surface area contributed by atoms with Crippen molar-refractivity contribution in [2.45, 2.75) is 52.5 Å². The topological polar surface area (TPSA) is 38.0 Å². The van der Waals surface area contributed by atoms with Crippen molar-refractivity contribution in [1.29, 1.82) is 0 Å². The highest BCUT2D eigenvalue weighted by atomic mass is 15.0. The van der Waals surface area contributed by atoms with Crippen LogP contribution in [-0.2, 0) is 5.41 Å². The third-order valence-electron chi connectivity index (χ3n) is 3.81. The molecule has 0 bridgehead atoms. The average Bonchev–Trinajstić information content (AvgIpc) is 2.30. The van der Waals surface area contributed by atoms with E-state index < -0.39 is 0 Å². The molecule has 0 aromatic heterocycles. The third-order valence-corrected chi connectivity index (χ3v) is 3.81. The summed E-state index contributed by atoms with van der Waals surface area (Å²) in [5.74, 6) is 0. The molecule has 0 spiro atoms. The van der Waals surface area contributed by atoms with E-state index in [0.29, 0.717) is 6.54 Å². The van der Waals surface area contributed by atoms with Crippen molar-refractivity contribution in [3.05, 3.63) is 34.9 Å². The summed E-state index contributed by atoms with van der Waals surface area (Å²) in [6.45, 7) is 14.7. The Morgan fingerprint density at radius 2 is 1.67 bits per heavy atom. The number of hydrogen-bond donors (Lipinski definition) is 2. The maximum absolute atomic E-state index is 5.76. The van der Waals surface area contributed by atoms with E-state index in [4.69, 9.17) is 5.73 Å². The average molecular weight is 248 g/mol. The van der Waals surface area contributed by atoms with Crippen LogP contribution in [0.2, 0.25) is 0 Å². The number of rotatable bonds is 5. The van der Waals surface area contributed by atoms with Crippen LogP contribution in [0, 0.1) is 13.8 Å². The zero-order valence-corrected chi connectivity index (χ0v) is 12.7. The van der Waals surface area contributed by atoms with Gasteiger partial charge in [0.05, 0.1) is 0 Å². The van der Waals surface area contributed by atoms with Crippen molar-refractivity contribution in [1.82, 2.24) is 5.32 Å². The summed E-state index contributed by atoms with van der Waals surface area (Å²) in [4.78, 5) is 0. The summed E-state index contributed by atoms with van der Waals surface area (Å²) < 4.78 is 0. The SMILES string of the molecule is Cc1ccc(C(C)(C)CNC(C)(C)CN)cc1C. The van der Waals surface area contributed by atoms with Crippen LogP contribution in [0.4, 0.5) is 0 Å². The van der Waals surface area contributed by atoms with Crippen LogP contribution in [0.5, 0.6) is 0 Å². The van der Waals surface area contributed by atoms with Crippen LogP contribution >= 0.6 is 0 Å². The van der Waals surface area contributed by atoms with Gasteiger partial charge < -0.3 is 11.1 Å². The number of nitrogens with one attached hydrogen (secondary N) is 1. The van der Waals surface area contributed by atoms with Gasteiger partial charge in [0.15, 0.2) is 0 Å². The fourth-order valence-corrected chi connectivity index (χ4v) is 1.80. The first-order valence-electron chi connectivity index (χ1n) is 6.71. The lowest BCUT2D eigenvalue weighted by atomic mass is 9.82. The lowest BCUT2D eigenvalue weighted by Gasteiger charge is -2.32. The van der Waals surface area contributed by atoms with E-state index in [1.807, 2.05) is 0 Å².